The van der Waals surface area contributed by atoms with Crippen LogP contribution in [-0.2, 0) is 4.84 Å². The molecule has 24 heavy (non-hydrogen) atoms. The fourth-order valence-corrected chi connectivity index (χ4v) is 3.30. The van der Waals surface area contributed by atoms with Crippen molar-refractivity contribution in [1.82, 2.24) is 9.63 Å². The largest absolute Gasteiger partial charge is 0.312 e. The molecule has 2 aromatic carbocycles. The molecule has 1 aromatic heterocycles. The summed E-state index contributed by atoms with van der Waals surface area (Å²) in [4.78, 5) is 30.5. The van der Waals surface area contributed by atoms with Crippen molar-refractivity contribution >= 4 is 22.6 Å². The summed E-state index contributed by atoms with van der Waals surface area (Å²) >= 11 is 0. The average molecular weight is 320 g/mol. The van der Waals surface area contributed by atoms with Gasteiger partial charge in [0, 0.05) is 10.9 Å². The third kappa shape index (κ3) is 2.13. The quantitative estimate of drug-likeness (QED) is 0.692. The number of Topliss-reactive ketones (excluding diaryl/α,β-unsaturated/α-hetero) is 1. The maximum absolute atomic E-state index is 12.6. The van der Waals surface area contributed by atoms with Gasteiger partial charge in [0.05, 0.1) is 19.0 Å². The van der Waals surface area contributed by atoms with Crippen LogP contribution in [0.1, 0.15) is 33.4 Å². The van der Waals surface area contributed by atoms with Gasteiger partial charge in [-0.05, 0) is 12.1 Å². The standard InChI is InChI=1S/C19H16N2O3/c1-24-21-18(12-17(22)13-7-3-2-4-8-13)20-15-10-6-5-9-14(15)11-16(20)19(21)23/h2-11,18H,12H2,1H3. The van der Waals surface area contributed by atoms with Crippen LogP contribution in [-0.4, -0.2) is 28.4 Å². The monoisotopic (exact) mass is 320 g/mol. The number of carbonyl (C=O) groups excluding carboxylic acids is 2. The van der Waals surface area contributed by atoms with Gasteiger partial charge in [-0.1, -0.05) is 48.5 Å². The molecule has 1 aliphatic heterocycles. The normalized spacial score (nSPS) is 16.6. The van der Waals surface area contributed by atoms with Crippen LogP contribution in [0.25, 0.3) is 10.9 Å². The van der Waals surface area contributed by atoms with Gasteiger partial charge in [0.15, 0.2) is 5.78 Å². The van der Waals surface area contributed by atoms with E-state index in [4.69, 9.17) is 4.84 Å². The van der Waals surface area contributed by atoms with Crippen LogP contribution in [0.2, 0.25) is 0 Å². The zero-order chi connectivity index (χ0) is 16.7. The van der Waals surface area contributed by atoms with Crippen molar-refractivity contribution in [2.24, 2.45) is 0 Å². The molecular weight excluding hydrogens is 304 g/mol. The molecular formula is C19H16N2O3. The molecule has 5 heteroatoms. The van der Waals surface area contributed by atoms with E-state index in [2.05, 4.69) is 0 Å². The summed E-state index contributed by atoms with van der Waals surface area (Å²) in [7, 11) is 1.45. The van der Waals surface area contributed by atoms with Gasteiger partial charge in [0.1, 0.15) is 11.9 Å². The van der Waals surface area contributed by atoms with Gasteiger partial charge in [0.25, 0.3) is 5.91 Å². The van der Waals surface area contributed by atoms with Crippen molar-refractivity contribution in [3.63, 3.8) is 0 Å². The molecule has 1 amide bonds. The lowest BCUT2D eigenvalue weighted by molar-refractivity contribution is -0.130. The molecule has 0 spiro atoms. The molecule has 0 bridgehead atoms. The zero-order valence-corrected chi connectivity index (χ0v) is 13.2. The van der Waals surface area contributed by atoms with E-state index in [1.54, 1.807) is 12.1 Å². The summed E-state index contributed by atoms with van der Waals surface area (Å²) in [5.74, 6) is -0.249. The molecule has 0 saturated heterocycles. The van der Waals surface area contributed by atoms with Crippen molar-refractivity contribution in [2.75, 3.05) is 7.11 Å². The van der Waals surface area contributed by atoms with Gasteiger partial charge in [-0.2, -0.15) is 5.06 Å². The first-order chi connectivity index (χ1) is 11.7. The van der Waals surface area contributed by atoms with Crippen LogP contribution in [0.3, 0.4) is 0 Å². The van der Waals surface area contributed by atoms with E-state index in [-0.39, 0.29) is 18.1 Å². The highest BCUT2D eigenvalue weighted by Crippen LogP contribution is 2.36. The summed E-state index contributed by atoms with van der Waals surface area (Å²) in [5, 5.41) is 2.26. The number of aromatic nitrogens is 1. The molecule has 0 N–H and O–H groups in total. The Bertz CT molecular complexity index is 930. The van der Waals surface area contributed by atoms with Gasteiger partial charge in [-0.3, -0.25) is 14.4 Å². The minimum absolute atomic E-state index is 0.0268. The Hall–Kier alpha value is -2.92. The van der Waals surface area contributed by atoms with Crippen LogP contribution < -0.4 is 0 Å². The number of rotatable bonds is 4. The molecule has 120 valence electrons. The number of benzene rings is 2. The van der Waals surface area contributed by atoms with Crippen molar-refractivity contribution in [3.05, 3.63) is 71.9 Å². The Labute approximate surface area is 139 Å². The van der Waals surface area contributed by atoms with E-state index < -0.39 is 6.17 Å². The number of para-hydroxylation sites is 1. The molecule has 0 radical (unpaired) electrons. The van der Waals surface area contributed by atoms with Gasteiger partial charge in [0.2, 0.25) is 0 Å². The Balaban J connectivity index is 1.77. The fraction of sp³-hybridized carbons (Fsp3) is 0.158. The number of amides is 1. The number of hydrogen-bond donors (Lipinski definition) is 0. The smallest absolute Gasteiger partial charge is 0.296 e. The summed E-state index contributed by atoms with van der Waals surface area (Å²) in [5.41, 5.74) is 2.10. The van der Waals surface area contributed by atoms with E-state index in [1.807, 2.05) is 53.1 Å². The summed E-state index contributed by atoms with van der Waals surface area (Å²) in [6, 6.07) is 18.7. The minimum atomic E-state index is -0.481. The SMILES string of the molecule is CON1C(=O)c2cc3ccccc3n2C1CC(=O)c1ccccc1. The van der Waals surface area contributed by atoms with Crippen molar-refractivity contribution in [3.8, 4) is 0 Å². The minimum Gasteiger partial charge on any atom is -0.312 e. The lowest BCUT2D eigenvalue weighted by atomic mass is 10.1. The van der Waals surface area contributed by atoms with Crippen LogP contribution in [0, 0.1) is 0 Å². The zero-order valence-electron chi connectivity index (χ0n) is 13.2. The molecule has 0 aliphatic carbocycles. The molecule has 1 aliphatic rings. The Morgan fingerprint density at radius 1 is 1.08 bits per heavy atom. The van der Waals surface area contributed by atoms with Crippen LogP contribution in [0.4, 0.5) is 0 Å². The first-order valence-corrected chi connectivity index (χ1v) is 7.76. The van der Waals surface area contributed by atoms with E-state index in [0.29, 0.717) is 11.3 Å². The third-order valence-corrected chi connectivity index (χ3v) is 4.40. The lowest BCUT2D eigenvalue weighted by Gasteiger charge is -2.23. The predicted octanol–water partition coefficient (Wildman–Crippen LogP) is 3.43. The summed E-state index contributed by atoms with van der Waals surface area (Å²) in [6.45, 7) is 0. The van der Waals surface area contributed by atoms with Gasteiger partial charge >= 0.3 is 0 Å². The maximum atomic E-state index is 12.6. The Kier molecular flexibility index (Phi) is 3.43. The van der Waals surface area contributed by atoms with Gasteiger partial charge in [-0.15, -0.1) is 0 Å². The van der Waals surface area contributed by atoms with Crippen molar-refractivity contribution < 1.29 is 14.4 Å². The van der Waals surface area contributed by atoms with E-state index in [0.717, 1.165) is 10.9 Å². The van der Waals surface area contributed by atoms with Crippen LogP contribution >= 0.6 is 0 Å². The maximum Gasteiger partial charge on any atom is 0.296 e. The summed E-state index contributed by atoms with van der Waals surface area (Å²) in [6.07, 6.45) is -0.319. The highest BCUT2D eigenvalue weighted by atomic mass is 16.7. The van der Waals surface area contributed by atoms with Crippen LogP contribution in [0.15, 0.2) is 60.7 Å². The average Bonchev–Trinajstić information content (AvgIpc) is 3.12. The highest BCUT2D eigenvalue weighted by molar-refractivity contribution is 6.02. The molecule has 4 rings (SSSR count). The topological polar surface area (TPSA) is 51.5 Å². The molecule has 5 nitrogen and oxygen atoms in total. The lowest BCUT2D eigenvalue weighted by Crippen LogP contribution is -2.30. The molecule has 2 heterocycles. The first kappa shape index (κ1) is 14.7. The predicted molar refractivity (Wildman–Crippen MR) is 89.5 cm³/mol. The van der Waals surface area contributed by atoms with E-state index >= 15 is 0 Å². The number of ketones is 1. The van der Waals surface area contributed by atoms with Gasteiger partial charge in [-0.25, -0.2) is 0 Å². The van der Waals surface area contributed by atoms with E-state index in [9.17, 15) is 9.59 Å². The van der Waals surface area contributed by atoms with E-state index in [1.165, 1.54) is 12.2 Å². The summed E-state index contributed by atoms with van der Waals surface area (Å²) < 4.78 is 1.89. The molecule has 3 aromatic rings. The second kappa shape index (κ2) is 5.62. The highest BCUT2D eigenvalue weighted by Gasteiger charge is 2.39. The molecule has 0 fully saturated rings. The molecule has 1 atom stereocenters. The second-order valence-electron chi connectivity index (χ2n) is 5.75. The van der Waals surface area contributed by atoms with Crippen molar-refractivity contribution in [2.45, 2.75) is 12.6 Å². The third-order valence-electron chi connectivity index (χ3n) is 4.40. The van der Waals surface area contributed by atoms with Crippen LogP contribution in [0.5, 0.6) is 0 Å². The number of carbonyl (C=O) groups is 2. The number of hydroxylamine groups is 2. The van der Waals surface area contributed by atoms with Crippen molar-refractivity contribution in [1.29, 1.82) is 0 Å². The fourth-order valence-electron chi connectivity index (χ4n) is 3.30. The number of nitrogens with zero attached hydrogens (tertiary/aromatic N) is 2. The second-order valence-corrected chi connectivity index (χ2v) is 5.75. The molecule has 0 saturated carbocycles. The Morgan fingerprint density at radius 2 is 1.79 bits per heavy atom. The van der Waals surface area contributed by atoms with Gasteiger partial charge < -0.3 is 4.57 Å². The number of fused-ring (bicyclic) bond motifs is 3. The molecule has 1 unspecified atom stereocenters. The number of hydrogen-bond acceptors (Lipinski definition) is 3. The first-order valence-electron chi connectivity index (χ1n) is 7.76. The Morgan fingerprint density at radius 3 is 2.54 bits per heavy atom.